The van der Waals surface area contributed by atoms with Crippen LogP contribution in [0.5, 0.6) is 0 Å². The Morgan fingerprint density at radius 3 is 2.60 bits per heavy atom. The van der Waals surface area contributed by atoms with E-state index in [1.165, 1.54) is 12.1 Å². The Balaban J connectivity index is 2.43. The lowest BCUT2D eigenvalue weighted by Gasteiger charge is -2.16. The Labute approximate surface area is 121 Å². The minimum atomic E-state index is -4.49. The number of hydrogen-bond donors (Lipinski definition) is 1. The van der Waals surface area contributed by atoms with Crippen LogP contribution in [-0.2, 0) is 6.18 Å². The van der Waals surface area contributed by atoms with Crippen molar-refractivity contribution in [3.8, 4) is 0 Å². The number of benzene rings is 1. The molecule has 108 valence electrons. The minimum absolute atomic E-state index is 0.117. The van der Waals surface area contributed by atoms with Gasteiger partial charge in [-0.3, -0.25) is 0 Å². The van der Waals surface area contributed by atoms with Crippen LogP contribution in [0.4, 0.5) is 17.6 Å². The molecule has 0 fully saturated rings. The van der Waals surface area contributed by atoms with Crippen LogP contribution < -0.4 is 5.32 Å². The molecule has 0 aliphatic heterocycles. The van der Waals surface area contributed by atoms with Crippen LogP contribution in [0.1, 0.15) is 21.5 Å². The molecule has 0 aliphatic carbocycles. The summed E-state index contributed by atoms with van der Waals surface area (Å²) in [5.74, 6) is -0.620. The van der Waals surface area contributed by atoms with Crippen LogP contribution in [0.25, 0.3) is 0 Å². The molecule has 1 heterocycles. The third kappa shape index (κ3) is 2.94. The van der Waals surface area contributed by atoms with Gasteiger partial charge in [-0.2, -0.15) is 13.2 Å². The first-order chi connectivity index (χ1) is 9.34. The molecule has 0 radical (unpaired) electrons. The van der Waals surface area contributed by atoms with Gasteiger partial charge in [0.2, 0.25) is 0 Å². The summed E-state index contributed by atoms with van der Waals surface area (Å²) >= 11 is 6.36. The number of nitrogens with zero attached hydrogens (tertiary/aromatic N) is 1. The van der Waals surface area contributed by atoms with Crippen molar-refractivity contribution in [1.29, 1.82) is 0 Å². The lowest BCUT2D eigenvalue weighted by atomic mass is 10.1. The van der Waals surface area contributed by atoms with Crippen LogP contribution in [0.2, 0.25) is 5.02 Å². The van der Waals surface area contributed by atoms with E-state index in [1.807, 2.05) is 0 Å². The fraction of sp³-hybridized carbons (Fsp3) is 0.250. The first kappa shape index (κ1) is 15.2. The summed E-state index contributed by atoms with van der Waals surface area (Å²) in [7, 11) is 1.55. The minimum Gasteiger partial charge on any atom is -0.309 e. The highest BCUT2D eigenvalue weighted by Gasteiger charge is 2.35. The lowest BCUT2D eigenvalue weighted by molar-refractivity contribution is -0.137. The molecule has 20 heavy (non-hydrogen) atoms. The molecule has 8 heteroatoms. The standard InChI is InChI=1S/C12H9ClF4N2S/c1-18-10(6-3-2-4-7(14)9(6)13)8-5-19-11(20-8)12(15,16)17/h2-5,10,18H,1H3. The van der Waals surface area contributed by atoms with Crippen molar-refractivity contribution in [3.63, 3.8) is 0 Å². The van der Waals surface area contributed by atoms with E-state index < -0.39 is 23.0 Å². The van der Waals surface area contributed by atoms with Crippen molar-refractivity contribution in [2.45, 2.75) is 12.2 Å². The Bertz CT molecular complexity index is 612. The van der Waals surface area contributed by atoms with E-state index >= 15 is 0 Å². The highest BCUT2D eigenvalue weighted by molar-refractivity contribution is 7.11. The van der Waals surface area contributed by atoms with E-state index in [0.29, 0.717) is 21.8 Å². The maximum atomic E-state index is 13.4. The number of hydrogen-bond acceptors (Lipinski definition) is 3. The Morgan fingerprint density at radius 1 is 1.35 bits per heavy atom. The summed E-state index contributed by atoms with van der Waals surface area (Å²) < 4.78 is 51.1. The van der Waals surface area contributed by atoms with Gasteiger partial charge in [0.15, 0.2) is 5.01 Å². The highest BCUT2D eigenvalue weighted by Crippen LogP contribution is 2.37. The molecule has 0 saturated carbocycles. The summed E-state index contributed by atoms with van der Waals surface area (Å²) in [6.45, 7) is 0. The fourth-order valence-corrected chi connectivity index (χ4v) is 2.89. The number of aromatic nitrogens is 1. The van der Waals surface area contributed by atoms with Crippen molar-refractivity contribution in [3.05, 3.63) is 50.7 Å². The predicted octanol–water partition coefficient (Wildman–Crippen LogP) is 4.26. The molecular weight excluding hydrogens is 316 g/mol. The quantitative estimate of drug-likeness (QED) is 0.853. The first-order valence-corrected chi connectivity index (χ1v) is 6.68. The van der Waals surface area contributed by atoms with Gasteiger partial charge in [-0.15, -0.1) is 11.3 Å². The van der Waals surface area contributed by atoms with Crippen LogP contribution in [0.3, 0.4) is 0 Å². The van der Waals surface area contributed by atoms with E-state index in [4.69, 9.17) is 11.6 Å². The average Bonchev–Trinajstić information content (AvgIpc) is 2.85. The van der Waals surface area contributed by atoms with Gasteiger partial charge in [-0.25, -0.2) is 9.37 Å². The average molecular weight is 325 g/mol. The molecule has 0 aliphatic rings. The molecule has 1 N–H and O–H groups in total. The number of rotatable bonds is 3. The molecule has 2 aromatic rings. The van der Waals surface area contributed by atoms with Gasteiger partial charge >= 0.3 is 6.18 Å². The summed E-state index contributed by atoms with van der Waals surface area (Å²) in [4.78, 5) is 3.66. The largest absolute Gasteiger partial charge is 0.443 e. The van der Waals surface area contributed by atoms with Crippen LogP contribution >= 0.6 is 22.9 Å². The number of nitrogens with one attached hydrogen (secondary N) is 1. The Kier molecular flexibility index (Phi) is 4.31. The number of halogens is 5. The normalized spacial score (nSPS) is 13.5. The van der Waals surface area contributed by atoms with Gasteiger partial charge in [0, 0.05) is 11.1 Å². The van der Waals surface area contributed by atoms with Crippen molar-refractivity contribution < 1.29 is 17.6 Å². The van der Waals surface area contributed by atoms with E-state index in [2.05, 4.69) is 10.3 Å². The summed E-state index contributed by atoms with van der Waals surface area (Å²) in [5.41, 5.74) is 0.367. The van der Waals surface area contributed by atoms with Gasteiger partial charge in [-0.1, -0.05) is 23.7 Å². The molecule has 1 unspecified atom stereocenters. The molecule has 2 nitrogen and oxygen atoms in total. The topological polar surface area (TPSA) is 24.9 Å². The number of alkyl halides is 3. The molecule has 0 bridgehead atoms. The molecule has 0 spiro atoms. The molecular formula is C12H9ClF4N2S. The molecule has 1 aromatic heterocycles. The van der Waals surface area contributed by atoms with Gasteiger partial charge < -0.3 is 5.32 Å². The maximum absolute atomic E-state index is 13.4. The highest BCUT2D eigenvalue weighted by atomic mass is 35.5. The second kappa shape index (κ2) is 5.67. The van der Waals surface area contributed by atoms with E-state index in [9.17, 15) is 17.6 Å². The maximum Gasteiger partial charge on any atom is 0.443 e. The van der Waals surface area contributed by atoms with E-state index in [-0.39, 0.29) is 5.02 Å². The zero-order valence-corrected chi connectivity index (χ0v) is 11.7. The van der Waals surface area contributed by atoms with E-state index in [1.54, 1.807) is 13.1 Å². The Morgan fingerprint density at radius 2 is 2.05 bits per heavy atom. The third-order valence-electron chi connectivity index (χ3n) is 2.63. The molecule has 1 atom stereocenters. The summed E-state index contributed by atoms with van der Waals surface area (Å²) in [5, 5.41) is 1.76. The zero-order chi connectivity index (χ0) is 14.9. The number of thiazole rings is 1. The molecule has 0 saturated heterocycles. The summed E-state index contributed by atoms with van der Waals surface area (Å²) in [6.07, 6.45) is -3.37. The molecule has 0 amide bonds. The van der Waals surface area contributed by atoms with Crippen molar-refractivity contribution in [1.82, 2.24) is 10.3 Å². The lowest BCUT2D eigenvalue weighted by Crippen LogP contribution is -2.17. The zero-order valence-electron chi connectivity index (χ0n) is 10.1. The predicted molar refractivity (Wildman–Crippen MR) is 69.4 cm³/mol. The van der Waals surface area contributed by atoms with Gasteiger partial charge in [-0.05, 0) is 18.7 Å². The monoisotopic (exact) mass is 324 g/mol. The second-order valence-corrected chi connectivity index (χ2v) is 5.37. The van der Waals surface area contributed by atoms with Crippen molar-refractivity contribution >= 4 is 22.9 Å². The SMILES string of the molecule is CNC(c1cnc(C(F)(F)F)s1)c1cccc(F)c1Cl. The first-order valence-electron chi connectivity index (χ1n) is 5.48. The van der Waals surface area contributed by atoms with E-state index in [0.717, 1.165) is 6.20 Å². The van der Waals surface area contributed by atoms with Gasteiger partial charge in [0.1, 0.15) is 5.82 Å². The Hall–Kier alpha value is -1.18. The second-order valence-electron chi connectivity index (χ2n) is 3.93. The molecule has 2 rings (SSSR count). The van der Waals surface area contributed by atoms with Crippen molar-refractivity contribution in [2.75, 3.05) is 7.05 Å². The molecule has 1 aromatic carbocycles. The van der Waals surface area contributed by atoms with Crippen LogP contribution in [0, 0.1) is 5.82 Å². The van der Waals surface area contributed by atoms with Gasteiger partial charge in [0.05, 0.1) is 11.1 Å². The van der Waals surface area contributed by atoms with Crippen molar-refractivity contribution in [2.24, 2.45) is 0 Å². The smallest absolute Gasteiger partial charge is 0.309 e. The third-order valence-corrected chi connectivity index (χ3v) is 4.14. The van der Waals surface area contributed by atoms with Crippen LogP contribution in [0.15, 0.2) is 24.4 Å². The fourth-order valence-electron chi connectivity index (χ4n) is 1.75. The summed E-state index contributed by atoms with van der Waals surface area (Å²) in [6, 6.07) is 3.55. The van der Waals surface area contributed by atoms with Crippen LogP contribution in [-0.4, -0.2) is 12.0 Å². The van der Waals surface area contributed by atoms with Gasteiger partial charge in [0.25, 0.3) is 0 Å².